The minimum absolute atomic E-state index is 0.0326. The van der Waals surface area contributed by atoms with Crippen molar-refractivity contribution in [2.75, 3.05) is 6.61 Å². The molecular weight excluding hydrogens is 395 g/mol. The van der Waals surface area contributed by atoms with Crippen LogP contribution in [0, 0.1) is 5.82 Å². The molecule has 0 saturated carbocycles. The summed E-state index contributed by atoms with van der Waals surface area (Å²) in [6.45, 7) is 5.08. The van der Waals surface area contributed by atoms with Gasteiger partial charge in [-0.15, -0.1) is 0 Å². The van der Waals surface area contributed by atoms with Crippen LogP contribution in [0.3, 0.4) is 0 Å². The lowest BCUT2D eigenvalue weighted by Crippen LogP contribution is -2.50. The largest absolute Gasteiger partial charge is 0.482 e. The number of amides is 2. The standard InChI is InChI=1S/C22H26ClFN2O3/c1-4-15(2)25-22(28)16(3)26(13-17-9-5-7-11-19(17)24)21(27)14-29-20-12-8-6-10-18(20)23/h5-12,15-16H,4,13-14H2,1-3H3,(H,25,28)/t15-,16-/m0/s1. The Kier molecular flexibility index (Phi) is 8.46. The number of para-hydroxylation sites is 1. The molecule has 29 heavy (non-hydrogen) atoms. The van der Waals surface area contributed by atoms with Crippen LogP contribution in [0.5, 0.6) is 5.75 Å². The lowest BCUT2D eigenvalue weighted by molar-refractivity contribution is -0.142. The number of carbonyl (C=O) groups is 2. The zero-order valence-corrected chi connectivity index (χ0v) is 17.6. The predicted octanol–water partition coefficient (Wildman–Crippen LogP) is 4.19. The Morgan fingerprint density at radius 1 is 1.14 bits per heavy atom. The molecule has 0 spiro atoms. The van der Waals surface area contributed by atoms with Crippen molar-refractivity contribution in [2.24, 2.45) is 0 Å². The van der Waals surface area contributed by atoms with Crippen molar-refractivity contribution in [3.63, 3.8) is 0 Å². The summed E-state index contributed by atoms with van der Waals surface area (Å²) in [6.07, 6.45) is 0.759. The summed E-state index contributed by atoms with van der Waals surface area (Å²) >= 11 is 6.06. The fraction of sp³-hybridized carbons (Fsp3) is 0.364. The van der Waals surface area contributed by atoms with Gasteiger partial charge in [0.1, 0.15) is 17.6 Å². The van der Waals surface area contributed by atoms with E-state index in [-0.39, 0.29) is 25.1 Å². The number of nitrogens with one attached hydrogen (secondary N) is 1. The van der Waals surface area contributed by atoms with Crippen molar-refractivity contribution in [3.05, 3.63) is 64.9 Å². The molecular formula is C22H26ClFN2O3. The van der Waals surface area contributed by atoms with Crippen molar-refractivity contribution in [2.45, 2.75) is 45.8 Å². The van der Waals surface area contributed by atoms with Crippen LogP contribution in [-0.2, 0) is 16.1 Å². The summed E-state index contributed by atoms with van der Waals surface area (Å²) in [5, 5.41) is 3.24. The second-order valence-corrected chi connectivity index (χ2v) is 7.23. The van der Waals surface area contributed by atoms with Gasteiger partial charge in [0.25, 0.3) is 5.91 Å². The van der Waals surface area contributed by atoms with Gasteiger partial charge in [-0.1, -0.05) is 48.9 Å². The van der Waals surface area contributed by atoms with Crippen LogP contribution < -0.4 is 10.1 Å². The number of halogens is 2. The first-order chi connectivity index (χ1) is 13.8. The zero-order chi connectivity index (χ0) is 21.4. The van der Waals surface area contributed by atoms with E-state index in [2.05, 4.69) is 5.32 Å². The van der Waals surface area contributed by atoms with Gasteiger partial charge in [0.15, 0.2) is 6.61 Å². The van der Waals surface area contributed by atoms with Gasteiger partial charge in [-0.2, -0.15) is 0 Å². The van der Waals surface area contributed by atoms with E-state index < -0.39 is 17.8 Å². The molecule has 2 atom stereocenters. The smallest absolute Gasteiger partial charge is 0.261 e. The molecule has 7 heteroatoms. The van der Waals surface area contributed by atoms with Gasteiger partial charge in [-0.25, -0.2) is 4.39 Å². The Labute approximate surface area is 175 Å². The third-order valence-electron chi connectivity index (χ3n) is 4.65. The highest BCUT2D eigenvalue weighted by atomic mass is 35.5. The third kappa shape index (κ3) is 6.46. The molecule has 5 nitrogen and oxygen atoms in total. The molecule has 156 valence electrons. The Balaban J connectivity index is 2.18. The number of ether oxygens (including phenoxy) is 1. The third-order valence-corrected chi connectivity index (χ3v) is 4.97. The summed E-state index contributed by atoms with van der Waals surface area (Å²) in [5.41, 5.74) is 0.321. The molecule has 0 heterocycles. The molecule has 0 aromatic heterocycles. The maximum atomic E-state index is 14.2. The summed E-state index contributed by atoms with van der Waals surface area (Å²) in [7, 11) is 0. The normalized spacial score (nSPS) is 12.7. The summed E-state index contributed by atoms with van der Waals surface area (Å²) in [5.74, 6) is -0.821. The van der Waals surface area contributed by atoms with E-state index in [1.54, 1.807) is 49.4 Å². The minimum atomic E-state index is -0.800. The summed E-state index contributed by atoms with van der Waals surface area (Å²) in [6, 6.07) is 12.1. The fourth-order valence-electron chi connectivity index (χ4n) is 2.64. The molecule has 0 aliphatic heterocycles. The van der Waals surface area contributed by atoms with E-state index >= 15 is 0 Å². The SMILES string of the molecule is CC[C@H](C)NC(=O)[C@H](C)N(Cc1ccccc1F)C(=O)COc1ccccc1Cl. The van der Waals surface area contributed by atoms with Crippen LogP contribution in [0.1, 0.15) is 32.8 Å². The number of carbonyl (C=O) groups excluding carboxylic acids is 2. The Morgan fingerprint density at radius 2 is 1.79 bits per heavy atom. The molecule has 2 amide bonds. The lowest BCUT2D eigenvalue weighted by Gasteiger charge is -2.29. The number of benzene rings is 2. The molecule has 2 aromatic rings. The van der Waals surface area contributed by atoms with Crippen molar-refractivity contribution >= 4 is 23.4 Å². The molecule has 1 N–H and O–H groups in total. The van der Waals surface area contributed by atoms with E-state index in [0.29, 0.717) is 16.3 Å². The first-order valence-electron chi connectivity index (χ1n) is 9.54. The number of hydrogen-bond acceptors (Lipinski definition) is 3. The van der Waals surface area contributed by atoms with E-state index in [0.717, 1.165) is 6.42 Å². The van der Waals surface area contributed by atoms with Gasteiger partial charge >= 0.3 is 0 Å². The van der Waals surface area contributed by atoms with Crippen LogP contribution in [0.15, 0.2) is 48.5 Å². The van der Waals surface area contributed by atoms with E-state index in [1.807, 2.05) is 13.8 Å². The first kappa shape index (κ1) is 22.7. The van der Waals surface area contributed by atoms with Crippen LogP contribution in [-0.4, -0.2) is 35.4 Å². The lowest BCUT2D eigenvalue weighted by atomic mass is 10.1. The second-order valence-electron chi connectivity index (χ2n) is 6.83. The first-order valence-corrected chi connectivity index (χ1v) is 9.91. The van der Waals surface area contributed by atoms with Gasteiger partial charge in [0.05, 0.1) is 5.02 Å². The van der Waals surface area contributed by atoms with E-state index in [4.69, 9.17) is 16.3 Å². The average molecular weight is 421 g/mol. The Bertz CT molecular complexity index is 846. The Hall–Kier alpha value is -2.60. The molecule has 2 rings (SSSR count). The molecule has 2 aromatic carbocycles. The summed E-state index contributed by atoms with van der Waals surface area (Å²) in [4.78, 5) is 26.8. The van der Waals surface area contributed by atoms with Crippen molar-refractivity contribution in [1.29, 1.82) is 0 Å². The monoisotopic (exact) mass is 420 g/mol. The maximum Gasteiger partial charge on any atom is 0.261 e. The minimum Gasteiger partial charge on any atom is -0.482 e. The number of rotatable bonds is 9. The molecule has 0 saturated heterocycles. The molecule has 0 fully saturated rings. The van der Waals surface area contributed by atoms with E-state index in [9.17, 15) is 14.0 Å². The number of hydrogen-bond donors (Lipinski definition) is 1. The quantitative estimate of drug-likeness (QED) is 0.661. The van der Waals surface area contributed by atoms with Gasteiger partial charge in [0, 0.05) is 18.2 Å². The topological polar surface area (TPSA) is 58.6 Å². The highest BCUT2D eigenvalue weighted by Crippen LogP contribution is 2.23. The zero-order valence-electron chi connectivity index (χ0n) is 16.8. The van der Waals surface area contributed by atoms with Crippen molar-refractivity contribution in [1.82, 2.24) is 10.2 Å². The van der Waals surface area contributed by atoms with Crippen LogP contribution in [0.4, 0.5) is 4.39 Å². The maximum absolute atomic E-state index is 14.2. The van der Waals surface area contributed by atoms with Gasteiger partial charge in [-0.3, -0.25) is 9.59 Å². The van der Waals surface area contributed by atoms with Gasteiger partial charge in [0.2, 0.25) is 5.91 Å². The average Bonchev–Trinajstić information content (AvgIpc) is 2.71. The van der Waals surface area contributed by atoms with E-state index in [1.165, 1.54) is 11.0 Å². The van der Waals surface area contributed by atoms with Gasteiger partial charge < -0.3 is 15.0 Å². The molecule has 0 aliphatic carbocycles. The van der Waals surface area contributed by atoms with Crippen LogP contribution >= 0.6 is 11.6 Å². The Morgan fingerprint density at radius 3 is 2.45 bits per heavy atom. The molecule has 0 bridgehead atoms. The van der Waals surface area contributed by atoms with Crippen molar-refractivity contribution in [3.8, 4) is 5.75 Å². The summed E-state index contributed by atoms with van der Waals surface area (Å²) < 4.78 is 19.7. The highest BCUT2D eigenvalue weighted by Gasteiger charge is 2.28. The van der Waals surface area contributed by atoms with Crippen molar-refractivity contribution < 1.29 is 18.7 Å². The van der Waals surface area contributed by atoms with Crippen LogP contribution in [0.2, 0.25) is 5.02 Å². The molecule has 0 radical (unpaired) electrons. The van der Waals surface area contributed by atoms with Gasteiger partial charge in [-0.05, 0) is 38.5 Å². The molecule has 0 aliphatic rings. The fourth-order valence-corrected chi connectivity index (χ4v) is 2.83. The van der Waals surface area contributed by atoms with Crippen LogP contribution in [0.25, 0.3) is 0 Å². The predicted molar refractivity (Wildman–Crippen MR) is 111 cm³/mol. The molecule has 0 unspecified atom stereocenters. The highest BCUT2D eigenvalue weighted by molar-refractivity contribution is 6.32. The number of nitrogens with zero attached hydrogens (tertiary/aromatic N) is 1. The second kappa shape index (κ2) is 10.8.